The molecule has 0 rings (SSSR count). The van der Waals surface area contributed by atoms with Crippen molar-refractivity contribution in [1.29, 1.82) is 0 Å². The number of allylic oxidation sites excluding steroid dienone is 1. The molecule has 27 heavy (non-hydrogen) atoms. The highest BCUT2D eigenvalue weighted by Crippen LogP contribution is 2.32. The molecule has 0 aromatic heterocycles. The normalized spacial score (nSPS) is 17.2. The topological polar surface area (TPSA) is 112 Å². The number of hydrogen-bond acceptors (Lipinski definition) is 3. The summed E-state index contributed by atoms with van der Waals surface area (Å²) in [6.45, 7) is 7.28. The van der Waals surface area contributed by atoms with Crippen LogP contribution in [0.5, 0.6) is 0 Å². The van der Waals surface area contributed by atoms with Gasteiger partial charge >= 0.3 is 17.9 Å². The first-order valence-corrected chi connectivity index (χ1v) is 9.94. The molecular weight excluding hydrogens is 350 g/mol. The van der Waals surface area contributed by atoms with Gasteiger partial charge in [0.25, 0.3) is 0 Å². The second-order valence-electron chi connectivity index (χ2n) is 6.91. The van der Waals surface area contributed by atoms with Crippen molar-refractivity contribution in [2.24, 2.45) is 0 Å². The first kappa shape index (κ1) is 25.1. The summed E-state index contributed by atoms with van der Waals surface area (Å²) in [5, 5.41) is 29.4. The second kappa shape index (κ2) is 12.5. The summed E-state index contributed by atoms with van der Waals surface area (Å²) in [5.74, 6) is -3.44. The van der Waals surface area contributed by atoms with Gasteiger partial charge in [0.15, 0.2) is 18.1 Å². The van der Waals surface area contributed by atoms with E-state index in [4.69, 9.17) is 0 Å². The van der Waals surface area contributed by atoms with Gasteiger partial charge in [0, 0.05) is 25.7 Å². The van der Waals surface area contributed by atoms with Gasteiger partial charge in [-0.3, -0.25) is 4.48 Å². The first-order chi connectivity index (χ1) is 12.7. The van der Waals surface area contributed by atoms with E-state index in [0.29, 0.717) is 6.42 Å². The van der Waals surface area contributed by atoms with Crippen molar-refractivity contribution >= 4 is 17.9 Å². The number of aliphatic carboxylic acids is 3. The summed E-state index contributed by atoms with van der Waals surface area (Å²) in [6, 6.07) is -3.26. The van der Waals surface area contributed by atoms with Gasteiger partial charge in [-0.05, 0) is 6.42 Å². The highest BCUT2D eigenvalue weighted by Gasteiger charge is 2.55. The summed E-state index contributed by atoms with van der Waals surface area (Å²) in [4.78, 5) is 36.1. The molecule has 3 atom stereocenters. The Hall–Kier alpha value is -1.89. The van der Waals surface area contributed by atoms with Crippen LogP contribution < -0.4 is 0 Å². The lowest BCUT2D eigenvalue weighted by molar-refractivity contribution is -0.972. The van der Waals surface area contributed by atoms with E-state index in [2.05, 4.69) is 6.92 Å². The first-order valence-electron chi connectivity index (χ1n) is 9.94. The van der Waals surface area contributed by atoms with Gasteiger partial charge in [-0.15, -0.1) is 0 Å². The highest BCUT2D eigenvalue weighted by molar-refractivity contribution is 5.78. The SMILES string of the molecule is CCCC/C=C/CC[N+](C(CC)C(=O)O)(C(CC)C(=O)O)C(CC)C(=O)O. The average Bonchev–Trinajstić information content (AvgIpc) is 2.58. The molecule has 156 valence electrons. The summed E-state index contributed by atoms with van der Waals surface area (Å²) >= 11 is 0. The van der Waals surface area contributed by atoms with Gasteiger partial charge < -0.3 is 15.3 Å². The van der Waals surface area contributed by atoms with E-state index in [9.17, 15) is 29.7 Å². The Balaban J connectivity index is 6.21. The Morgan fingerprint density at radius 1 is 0.741 bits per heavy atom. The summed E-state index contributed by atoms with van der Waals surface area (Å²) in [6.07, 6.45) is 7.88. The van der Waals surface area contributed by atoms with Crippen LogP contribution in [-0.2, 0) is 14.4 Å². The molecule has 0 aliphatic rings. The number of carbonyl (C=O) groups is 3. The molecule has 0 amide bonds. The van der Waals surface area contributed by atoms with Crippen molar-refractivity contribution in [3.63, 3.8) is 0 Å². The van der Waals surface area contributed by atoms with Gasteiger partial charge in [0.1, 0.15) is 0 Å². The van der Waals surface area contributed by atoms with Gasteiger partial charge in [-0.1, -0.05) is 52.7 Å². The quantitative estimate of drug-likeness (QED) is 0.225. The minimum atomic E-state index is -1.15. The fourth-order valence-electron chi connectivity index (χ4n) is 4.14. The number of nitrogens with zero attached hydrogens (tertiary/aromatic N) is 1. The van der Waals surface area contributed by atoms with Crippen LogP contribution in [0.4, 0.5) is 0 Å². The molecule has 0 saturated carbocycles. The fraction of sp³-hybridized carbons (Fsp3) is 0.750. The lowest BCUT2D eigenvalue weighted by Crippen LogP contribution is -2.72. The van der Waals surface area contributed by atoms with Crippen molar-refractivity contribution in [3.05, 3.63) is 12.2 Å². The van der Waals surface area contributed by atoms with Crippen molar-refractivity contribution in [2.75, 3.05) is 6.54 Å². The van der Waals surface area contributed by atoms with Crippen LogP contribution in [-0.4, -0.2) is 62.4 Å². The molecule has 0 radical (unpaired) electrons. The second-order valence-corrected chi connectivity index (χ2v) is 6.91. The van der Waals surface area contributed by atoms with E-state index < -0.39 is 40.5 Å². The maximum absolute atomic E-state index is 12.0. The van der Waals surface area contributed by atoms with Crippen molar-refractivity contribution < 1.29 is 34.2 Å². The van der Waals surface area contributed by atoms with Gasteiger partial charge in [-0.2, -0.15) is 0 Å². The van der Waals surface area contributed by atoms with Crippen LogP contribution in [0, 0.1) is 0 Å². The Kier molecular flexibility index (Phi) is 11.6. The predicted molar refractivity (Wildman–Crippen MR) is 104 cm³/mol. The van der Waals surface area contributed by atoms with Crippen molar-refractivity contribution in [2.45, 2.75) is 90.8 Å². The minimum Gasteiger partial charge on any atom is -0.477 e. The predicted octanol–water partition coefficient (Wildman–Crippen LogP) is 3.53. The van der Waals surface area contributed by atoms with Gasteiger partial charge in [-0.25, -0.2) is 14.4 Å². The minimum absolute atomic E-state index is 0.169. The van der Waals surface area contributed by atoms with Gasteiger partial charge in [0.05, 0.1) is 6.54 Å². The Labute approximate surface area is 162 Å². The molecule has 0 fully saturated rings. The molecule has 3 unspecified atom stereocenters. The van der Waals surface area contributed by atoms with E-state index in [0.717, 1.165) is 19.3 Å². The zero-order chi connectivity index (χ0) is 21.0. The highest BCUT2D eigenvalue weighted by atomic mass is 16.4. The molecule has 0 aliphatic heterocycles. The van der Waals surface area contributed by atoms with Crippen LogP contribution in [0.2, 0.25) is 0 Å². The lowest BCUT2D eigenvalue weighted by atomic mass is 9.94. The molecule has 0 spiro atoms. The monoisotopic (exact) mass is 386 g/mol. The van der Waals surface area contributed by atoms with Crippen LogP contribution in [0.1, 0.15) is 72.6 Å². The van der Waals surface area contributed by atoms with Crippen molar-refractivity contribution in [3.8, 4) is 0 Å². The molecule has 7 heteroatoms. The Morgan fingerprint density at radius 3 is 1.41 bits per heavy atom. The Morgan fingerprint density at radius 2 is 1.11 bits per heavy atom. The molecule has 0 bridgehead atoms. The van der Waals surface area contributed by atoms with E-state index in [1.54, 1.807) is 20.8 Å². The third-order valence-corrected chi connectivity index (χ3v) is 5.33. The molecule has 3 N–H and O–H groups in total. The van der Waals surface area contributed by atoms with Gasteiger partial charge in [0.2, 0.25) is 0 Å². The number of carboxylic acids is 3. The number of quaternary nitrogens is 1. The van der Waals surface area contributed by atoms with E-state index in [-0.39, 0.29) is 25.8 Å². The average molecular weight is 387 g/mol. The number of carboxylic acid groups (broad SMARTS) is 3. The van der Waals surface area contributed by atoms with Crippen molar-refractivity contribution in [1.82, 2.24) is 0 Å². The number of rotatable bonds is 15. The zero-order valence-electron chi connectivity index (χ0n) is 17.1. The number of unbranched alkanes of at least 4 members (excludes halogenated alkanes) is 2. The van der Waals surface area contributed by atoms with E-state index in [1.165, 1.54) is 0 Å². The third kappa shape index (κ3) is 6.34. The summed E-state index contributed by atoms with van der Waals surface area (Å²) < 4.78 is -0.457. The maximum atomic E-state index is 12.0. The molecule has 7 nitrogen and oxygen atoms in total. The fourth-order valence-corrected chi connectivity index (χ4v) is 4.14. The standard InChI is InChI=1S/C20H35NO6/c1-5-9-10-11-12-13-14-21(15(6-2)18(22)23,16(7-3)19(24)25)17(8-4)20(26)27/h11-12,15-17H,5-10,13-14H2,1-4H3,(H2-,22,23,24,25,26,27)/p+1/b12-11+. The lowest BCUT2D eigenvalue weighted by Gasteiger charge is -2.49. The Bertz CT molecular complexity index is 462. The van der Waals surface area contributed by atoms with E-state index in [1.807, 2.05) is 12.2 Å². The molecular formula is C20H36NO6+. The molecule has 0 aromatic rings. The van der Waals surface area contributed by atoms with Crippen LogP contribution in [0.25, 0.3) is 0 Å². The largest absolute Gasteiger partial charge is 0.477 e. The summed E-state index contributed by atoms with van der Waals surface area (Å²) in [7, 11) is 0. The number of hydrogen-bond donors (Lipinski definition) is 3. The van der Waals surface area contributed by atoms with Crippen LogP contribution in [0.15, 0.2) is 12.2 Å². The molecule has 0 heterocycles. The smallest absolute Gasteiger partial charge is 0.362 e. The van der Waals surface area contributed by atoms with E-state index >= 15 is 0 Å². The zero-order valence-corrected chi connectivity index (χ0v) is 17.1. The molecule has 0 aliphatic carbocycles. The van der Waals surface area contributed by atoms with Crippen LogP contribution >= 0.6 is 0 Å². The van der Waals surface area contributed by atoms with Crippen LogP contribution in [0.3, 0.4) is 0 Å². The maximum Gasteiger partial charge on any atom is 0.362 e. The summed E-state index contributed by atoms with van der Waals surface area (Å²) in [5.41, 5.74) is 0. The molecule has 0 saturated heterocycles. The molecule has 0 aromatic carbocycles. The third-order valence-electron chi connectivity index (χ3n) is 5.33.